The number of hydrogen-bond donors (Lipinski definition) is 0. The van der Waals surface area contributed by atoms with E-state index in [4.69, 9.17) is 0 Å². The highest BCUT2D eigenvalue weighted by Crippen LogP contribution is 2.37. The van der Waals surface area contributed by atoms with Crippen LogP contribution in [0.1, 0.15) is 40.0 Å². The fourth-order valence-corrected chi connectivity index (χ4v) is 2.10. The average molecular weight is 178 g/mol. The van der Waals surface area contributed by atoms with Gasteiger partial charge in [0.15, 0.2) is 5.78 Å². The van der Waals surface area contributed by atoms with Crippen molar-refractivity contribution in [3.05, 3.63) is 23.8 Å². The van der Waals surface area contributed by atoms with Gasteiger partial charge in [-0.3, -0.25) is 4.79 Å². The number of rotatable bonds is 2. The first-order chi connectivity index (χ1) is 5.96. The number of carbonyl (C=O) groups is 1. The van der Waals surface area contributed by atoms with Crippen molar-refractivity contribution >= 4 is 5.78 Å². The minimum absolute atomic E-state index is 0.159. The highest BCUT2D eigenvalue weighted by molar-refractivity contribution is 5.97. The summed E-state index contributed by atoms with van der Waals surface area (Å²) in [5, 5.41) is 0. The van der Waals surface area contributed by atoms with Crippen LogP contribution in [0.3, 0.4) is 0 Å². The van der Waals surface area contributed by atoms with Gasteiger partial charge in [-0.15, -0.1) is 6.58 Å². The van der Waals surface area contributed by atoms with Crippen molar-refractivity contribution in [3.63, 3.8) is 0 Å². The Morgan fingerprint density at radius 3 is 2.54 bits per heavy atom. The van der Waals surface area contributed by atoms with Crippen LogP contribution in [0, 0.1) is 5.41 Å². The monoisotopic (exact) mass is 178 g/mol. The van der Waals surface area contributed by atoms with Crippen LogP contribution in [-0.2, 0) is 4.79 Å². The highest BCUT2D eigenvalue weighted by atomic mass is 16.1. The van der Waals surface area contributed by atoms with E-state index in [9.17, 15) is 4.79 Å². The van der Waals surface area contributed by atoms with Crippen LogP contribution in [0.4, 0.5) is 0 Å². The van der Waals surface area contributed by atoms with E-state index in [0.29, 0.717) is 12.2 Å². The van der Waals surface area contributed by atoms with E-state index in [2.05, 4.69) is 27.4 Å². The van der Waals surface area contributed by atoms with Gasteiger partial charge >= 0.3 is 0 Å². The molecule has 0 bridgehead atoms. The van der Waals surface area contributed by atoms with Crippen molar-refractivity contribution in [1.82, 2.24) is 0 Å². The summed E-state index contributed by atoms with van der Waals surface area (Å²) in [5.74, 6) is 0.314. The van der Waals surface area contributed by atoms with E-state index in [1.54, 1.807) is 0 Å². The lowest BCUT2D eigenvalue weighted by atomic mass is 9.73. The summed E-state index contributed by atoms with van der Waals surface area (Å²) in [6, 6.07) is 0. The zero-order valence-corrected chi connectivity index (χ0v) is 8.81. The molecule has 0 aliphatic heterocycles. The lowest BCUT2D eigenvalue weighted by molar-refractivity contribution is -0.118. The molecule has 0 aromatic heterocycles. The van der Waals surface area contributed by atoms with Crippen molar-refractivity contribution in [1.29, 1.82) is 0 Å². The van der Waals surface area contributed by atoms with Gasteiger partial charge in [-0.1, -0.05) is 25.5 Å². The Balaban J connectivity index is 2.94. The number of allylic oxidation sites excluding steroid dienone is 3. The molecule has 0 amide bonds. The van der Waals surface area contributed by atoms with Gasteiger partial charge in [0.1, 0.15) is 0 Å². The maximum Gasteiger partial charge on any atom is 0.159 e. The predicted octanol–water partition coefficient (Wildman–Crippen LogP) is 3.27. The van der Waals surface area contributed by atoms with E-state index in [-0.39, 0.29) is 5.41 Å². The summed E-state index contributed by atoms with van der Waals surface area (Å²) in [6.45, 7) is 10.0. The summed E-state index contributed by atoms with van der Waals surface area (Å²) in [6.07, 6.45) is 4.28. The van der Waals surface area contributed by atoms with Gasteiger partial charge in [0, 0.05) is 6.42 Å². The molecule has 1 aliphatic rings. The summed E-state index contributed by atoms with van der Waals surface area (Å²) in [5.41, 5.74) is 2.40. The van der Waals surface area contributed by atoms with Gasteiger partial charge in [0.25, 0.3) is 0 Å². The number of ketones is 1. The van der Waals surface area contributed by atoms with Crippen LogP contribution in [0.15, 0.2) is 23.8 Å². The second-order valence-electron chi connectivity index (χ2n) is 4.69. The van der Waals surface area contributed by atoms with Crippen LogP contribution in [-0.4, -0.2) is 5.78 Å². The topological polar surface area (TPSA) is 17.1 Å². The van der Waals surface area contributed by atoms with Gasteiger partial charge in [0.2, 0.25) is 0 Å². The van der Waals surface area contributed by atoms with E-state index in [1.807, 2.05) is 6.08 Å². The molecule has 13 heavy (non-hydrogen) atoms. The molecule has 0 spiro atoms. The third-order valence-electron chi connectivity index (χ3n) is 2.58. The molecule has 0 saturated heterocycles. The molecule has 0 aromatic carbocycles. The Kier molecular flexibility index (Phi) is 2.74. The summed E-state index contributed by atoms with van der Waals surface area (Å²) in [7, 11) is 0. The molecule has 1 nitrogen and oxygen atoms in total. The van der Waals surface area contributed by atoms with Crippen LogP contribution in [0.5, 0.6) is 0 Å². The number of hydrogen-bond acceptors (Lipinski definition) is 1. The van der Waals surface area contributed by atoms with Crippen molar-refractivity contribution in [3.8, 4) is 0 Å². The smallest absolute Gasteiger partial charge is 0.159 e. The third kappa shape index (κ3) is 2.30. The quantitative estimate of drug-likeness (QED) is 0.593. The lowest BCUT2D eigenvalue weighted by Gasteiger charge is -2.30. The molecule has 1 heteroatoms. The molecule has 0 atom stereocenters. The first-order valence-electron chi connectivity index (χ1n) is 4.79. The first kappa shape index (κ1) is 10.2. The summed E-state index contributed by atoms with van der Waals surface area (Å²) < 4.78 is 0. The van der Waals surface area contributed by atoms with Gasteiger partial charge in [-0.05, 0) is 30.8 Å². The van der Waals surface area contributed by atoms with Crippen molar-refractivity contribution < 1.29 is 4.79 Å². The molecular formula is C12H18O. The highest BCUT2D eigenvalue weighted by Gasteiger charge is 2.30. The predicted molar refractivity (Wildman–Crippen MR) is 55.5 cm³/mol. The van der Waals surface area contributed by atoms with E-state index in [1.165, 1.54) is 5.57 Å². The molecule has 72 valence electrons. The van der Waals surface area contributed by atoms with Crippen molar-refractivity contribution in [2.24, 2.45) is 5.41 Å². The van der Waals surface area contributed by atoms with Crippen LogP contribution >= 0.6 is 0 Å². The van der Waals surface area contributed by atoms with E-state index < -0.39 is 0 Å². The van der Waals surface area contributed by atoms with Gasteiger partial charge in [-0.25, -0.2) is 0 Å². The summed E-state index contributed by atoms with van der Waals surface area (Å²) >= 11 is 0. The Morgan fingerprint density at radius 2 is 2.08 bits per heavy atom. The molecular weight excluding hydrogens is 160 g/mol. The summed E-state index contributed by atoms with van der Waals surface area (Å²) in [4.78, 5) is 11.7. The number of Topliss-reactive ketones (excluding diaryl/α,β-unsaturated/α-hetero) is 1. The minimum Gasteiger partial charge on any atom is -0.295 e. The van der Waals surface area contributed by atoms with Crippen molar-refractivity contribution in [2.45, 2.75) is 40.0 Å². The van der Waals surface area contributed by atoms with E-state index >= 15 is 0 Å². The first-order valence-corrected chi connectivity index (χ1v) is 4.79. The van der Waals surface area contributed by atoms with E-state index in [0.717, 1.165) is 18.4 Å². The maximum atomic E-state index is 11.7. The fraction of sp³-hybridized carbons (Fsp3) is 0.583. The molecule has 0 saturated carbocycles. The largest absolute Gasteiger partial charge is 0.295 e. The SMILES string of the molecule is C=CCC1=C(C)CC(C)(C)CC1=O. The van der Waals surface area contributed by atoms with Gasteiger partial charge in [0.05, 0.1) is 0 Å². The molecule has 0 unspecified atom stereocenters. The average Bonchev–Trinajstić information content (AvgIpc) is 1.94. The van der Waals surface area contributed by atoms with Crippen LogP contribution < -0.4 is 0 Å². The molecule has 0 N–H and O–H groups in total. The Morgan fingerprint density at radius 1 is 1.46 bits per heavy atom. The molecule has 1 aliphatic carbocycles. The Bertz CT molecular complexity index is 269. The standard InChI is InChI=1S/C12H18O/c1-5-6-10-9(2)7-12(3,4)8-11(10)13/h5H,1,6-8H2,2-4H3. The molecule has 1 rings (SSSR count). The Hall–Kier alpha value is -0.850. The molecule has 0 heterocycles. The maximum absolute atomic E-state index is 11.7. The van der Waals surface area contributed by atoms with Gasteiger partial charge < -0.3 is 0 Å². The lowest BCUT2D eigenvalue weighted by Crippen LogP contribution is -2.24. The second kappa shape index (κ2) is 3.49. The Labute approximate surface area is 80.5 Å². The normalized spacial score (nSPS) is 21.9. The third-order valence-corrected chi connectivity index (χ3v) is 2.58. The van der Waals surface area contributed by atoms with Crippen molar-refractivity contribution in [2.75, 3.05) is 0 Å². The minimum atomic E-state index is 0.159. The van der Waals surface area contributed by atoms with Gasteiger partial charge in [-0.2, -0.15) is 0 Å². The molecule has 0 aromatic rings. The molecule has 0 radical (unpaired) electrons. The zero-order chi connectivity index (χ0) is 10.1. The fourth-order valence-electron chi connectivity index (χ4n) is 2.10. The molecule has 0 fully saturated rings. The second-order valence-corrected chi connectivity index (χ2v) is 4.69. The van der Waals surface area contributed by atoms with Crippen LogP contribution in [0.2, 0.25) is 0 Å². The van der Waals surface area contributed by atoms with Crippen LogP contribution in [0.25, 0.3) is 0 Å². The number of carbonyl (C=O) groups excluding carboxylic acids is 1. The zero-order valence-electron chi connectivity index (χ0n) is 8.81.